The molecule has 0 bridgehead atoms. The van der Waals surface area contributed by atoms with Crippen molar-refractivity contribution in [3.63, 3.8) is 0 Å². The molecule has 2 N–H and O–H groups in total. The fourth-order valence-electron chi connectivity index (χ4n) is 1.91. The van der Waals surface area contributed by atoms with Crippen molar-refractivity contribution in [3.05, 3.63) is 57.3 Å². The molecule has 0 spiro atoms. The predicted molar refractivity (Wildman–Crippen MR) is 94.4 cm³/mol. The van der Waals surface area contributed by atoms with Crippen molar-refractivity contribution in [3.8, 4) is 11.4 Å². The molecule has 3 aromatic rings. The van der Waals surface area contributed by atoms with E-state index in [-0.39, 0.29) is 0 Å². The van der Waals surface area contributed by atoms with Crippen LogP contribution in [0.2, 0.25) is 15.2 Å². The number of halogens is 3. The molecule has 118 valence electrons. The summed E-state index contributed by atoms with van der Waals surface area (Å²) in [5.41, 5.74) is 1.69. The van der Waals surface area contributed by atoms with Crippen LogP contribution in [-0.4, -0.2) is 19.9 Å². The lowest BCUT2D eigenvalue weighted by Gasteiger charge is -2.06. The SMILES string of the molecule is Nn1c(SCc2ccnc(Cl)c2)nnc1-c1ccc(Cl)cc1Cl. The van der Waals surface area contributed by atoms with E-state index in [1.165, 1.54) is 16.4 Å². The van der Waals surface area contributed by atoms with E-state index in [0.717, 1.165) is 5.56 Å². The molecule has 2 heterocycles. The van der Waals surface area contributed by atoms with Crippen LogP contribution >= 0.6 is 46.6 Å². The van der Waals surface area contributed by atoms with Crippen LogP contribution in [0, 0.1) is 0 Å². The second kappa shape index (κ2) is 6.97. The van der Waals surface area contributed by atoms with Crippen molar-refractivity contribution < 1.29 is 0 Å². The highest BCUT2D eigenvalue weighted by Crippen LogP contribution is 2.30. The van der Waals surface area contributed by atoms with Crippen LogP contribution in [-0.2, 0) is 5.75 Å². The number of nitrogens with two attached hydrogens (primary N) is 1. The van der Waals surface area contributed by atoms with E-state index in [2.05, 4.69) is 15.2 Å². The van der Waals surface area contributed by atoms with Gasteiger partial charge >= 0.3 is 0 Å². The molecule has 0 unspecified atom stereocenters. The molecule has 0 aliphatic carbocycles. The van der Waals surface area contributed by atoms with Gasteiger partial charge in [0.2, 0.25) is 5.16 Å². The average Bonchev–Trinajstić information content (AvgIpc) is 2.86. The fourth-order valence-corrected chi connectivity index (χ4v) is 3.40. The van der Waals surface area contributed by atoms with Gasteiger partial charge in [-0.1, -0.05) is 46.6 Å². The molecule has 3 rings (SSSR count). The number of aromatic nitrogens is 4. The second-order valence-corrected chi connectivity index (χ2v) is 6.75. The van der Waals surface area contributed by atoms with E-state index in [1.54, 1.807) is 30.5 Å². The molecule has 0 radical (unpaired) electrons. The summed E-state index contributed by atoms with van der Waals surface area (Å²) in [6.45, 7) is 0. The van der Waals surface area contributed by atoms with E-state index < -0.39 is 0 Å². The van der Waals surface area contributed by atoms with Gasteiger partial charge < -0.3 is 5.84 Å². The van der Waals surface area contributed by atoms with Crippen molar-refractivity contribution in [2.45, 2.75) is 10.9 Å². The largest absolute Gasteiger partial charge is 0.335 e. The smallest absolute Gasteiger partial charge is 0.210 e. The maximum Gasteiger partial charge on any atom is 0.210 e. The number of hydrogen-bond acceptors (Lipinski definition) is 5. The fraction of sp³-hybridized carbons (Fsp3) is 0.0714. The lowest BCUT2D eigenvalue weighted by Crippen LogP contribution is -2.11. The summed E-state index contributed by atoms with van der Waals surface area (Å²) in [5.74, 6) is 7.20. The van der Waals surface area contributed by atoms with Gasteiger partial charge in [0.25, 0.3) is 0 Å². The number of nitrogens with zero attached hydrogens (tertiary/aromatic N) is 4. The molecule has 0 saturated heterocycles. The Labute approximate surface area is 151 Å². The van der Waals surface area contributed by atoms with Gasteiger partial charge in [-0.15, -0.1) is 10.2 Å². The van der Waals surface area contributed by atoms with E-state index >= 15 is 0 Å². The zero-order valence-electron chi connectivity index (χ0n) is 11.6. The maximum absolute atomic E-state index is 6.19. The Morgan fingerprint density at radius 1 is 1.09 bits per heavy atom. The first-order valence-electron chi connectivity index (χ1n) is 6.44. The van der Waals surface area contributed by atoms with E-state index in [9.17, 15) is 0 Å². The minimum Gasteiger partial charge on any atom is -0.335 e. The predicted octanol–water partition coefficient (Wildman–Crippen LogP) is 4.31. The Morgan fingerprint density at radius 3 is 2.65 bits per heavy atom. The minimum atomic E-state index is 0.450. The van der Waals surface area contributed by atoms with Crippen LogP contribution in [0.25, 0.3) is 11.4 Å². The molecule has 1 aromatic carbocycles. The van der Waals surface area contributed by atoms with Gasteiger partial charge in [-0.05, 0) is 35.9 Å². The first-order chi connectivity index (χ1) is 11.0. The van der Waals surface area contributed by atoms with Crippen LogP contribution in [0.5, 0.6) is 0 Å². The Hall–Kier alpha value is -1.47. The number of thioether (sulfide) groups is 1. The minimum absolute atomic E-state index is 0.450. The Balaban J connectivity index is 1.82. The second-order valence-electron chi connectivity index (χ2n) is 4.58. The number of hydrogen-bond donors (Lipinski definition) is 1. The Kier molecular flexibility index (Phi) is 4.96. The highest BCUT2D eigenvalue weighted by atomic mass is 35.5. The third-order valence-corrected chi connectivity index (χ3v) is 4.76. The molecule has 0 atom stereocenters. The Morgan fingerprint density at radius 2 is 1.91 bits per heavy atom. The van der Waals surface area contributed by atoms with Gasteiger partial charge in [0.15, 0.2) is 5.82 Å². The topological polar surface area (TPSA) is 69.6 Å². The lowest BCUT2D eigenvalue weighted by molar-refractivity contribution is 0.849. The van der Waals surface area contributed by atoms with Gasteiger partial charge in [-0.3, -0.25) is 0 Å². The molecule has 0 amide bonds. The van der Waals surface area contributed by atoms with Crippen LogP contribution in [0.3, 0.4) is 0 Å². The summed E-state index contributed by atoms with van der Waals surface area (Å²) in [5, 5.41) is 10.2. The molecule has 0 aliphatic rings. The third kappa shape index (κ3) is 3.72. The standard InChI is InChI=1S/C14H10Cl3N5S/c15-9-1-2-10(11(16)6-9)13-20-21-14(22(13)18)23-7-8-3-4-19-12(17)5-8/h1-6H,7,18H2. The van der Waals surface area contributed by atoms with Crippen LogP contribution in [0.1, 0.15) is 5.56 Å². The molecule has 0 aliphatic heterocycles. The van der Waals surface area contributed by atoms with E-state index in [0.29, 0.717) is 37.5 Å². The van der Waals surface area contributed by atoms with Crippen molar-refractivity contribution in [2.24, 2.45) is 0 Å². The third-order valence-electron chi connectivity index (χ3n) is 3.00. The molecule has 2 aromatic heterocycles. The zero-order valence-corrected chi connectivity index (χ0v) is 14.7. The van der Waals surface area contributed by atoms with Crippen LogP contribution in [0.15, 0.2) is 41.7 Å². The summed E-state index contributed by atoms with van der Waals surface area (Å²) in [6, 6.07) is 8.80. The number of benzene rings is 1. The van der Waals surface area contributed by atoms with Gasteiger partial charge in [0.1, 0.15) is 5.15 Å². The molecule has 0 fully saturated rings. The molecule has 9 heteroatoms. The first kappa shape index (κ1) is 16.4. The summed E-state index contributed by atoms with van der Waals surface area (Å²) < 4.78 is 1.41. The van der Waals surface area contributed by atoms with E-state index in [1.807, 2.05) is 6.07 Å². The highest BCUT2D eigenvalue weighted by Gasteiger charge is 2.15. The molecule has 23 heavy (non-hydrogen) atoms. The molecular weight excluding hydrogens is 377 g/mol. The highest BCUT2D eigenvalue weighted by molar-refractivity contribution is 7.98. The normalized spacial score (nSPS) is 10.9. The van der Waals surface area contributed by atoms with Crippen molar-refractivity contribution in [1.82, 2.24) is 19.9 Å². The van der Waals surface area contributed by atoms with Gasteiger partial charge in [-0.25, -0.2) is 9.66 Å². The summed E-state index contributed by atoms with van der Waals surface area (Å²) >= 11 is 19.4. The molecule has 5 nitrogen and oxygen atoms in total. The molecular formula is C14H10Cl3N5S. The van der Waals surface area contributed by atoms with Gasteiger partial charge in [-0.2, -0.15) is 0 Å². The van der Waals surface area contributed by atoms with Gasteiger partial charge in [0, 0.05) is 22.5 Å². The van der Waals surface area contributed by atoms with Crippen LogP contribution < -0.4 is 5.84 Å². The van der Waals surface area contributed by atoms with Crippen molar-refractivity contribution >= 4 is 46.6 Å². The number of rotatable bonds is 4. The molecule has 0 saturated carbocycles. The zero-order chi connectivity index (χ0) is 16.4. The van der Waals surface area contributed by atoms with Crippen molar-refractivity contribution in [1.29, 1.82) is 0 Å². The maximum atomic E-state index is 6.19. The summed E-state index contributed by atoms with van der Waals surface area (Å²) in [7, 11) is 0. The van der Waals surface area contributed by atoms with E-state index in [4.69, 9.17) is 40.6 Å². The average molecular weight is 387 g/mol. The summed E-state index contributed by atoms with van der Waals surface area (Å²) in [6.07, 6.45) is 1.66. The van der Waals surface area contributed by atoms with Crippen LogP contribution in [0.4, 0.5) is 0 Å². The quantitative estimate of drug-likeness (QED) is 0.411. The monoisotopic (exact) mass is 385 g/mol. The first-order valence-corrected chi connectivity index (χ1v) is 8.55. The number of nitrogen functional groups attached to an aromatic ring is 1. The lowest BCUT2D eigenvalue weighted by atomic mass is 10.2. The summed E-state index contributed by atoms with van der Waals surface area (Å²) in [4.78, 5) is 3.95. The van der Waals surface area contributed by atoms with Gasteiger partial charge in [0.05, 0.1) is 5.02 Å². The number of pyridine rings is 1. The van der Waals surface area contributed by atoms with Crippen molar-refractivity contribution in [2.75, 3.05) is 5.84 Å². The Bertz CT molecular complexity index is 852.